The Bertz CT molecular complexity index is 495. The molecule has 1 aliphatic rings. The van der Waals surface area contributed by atoms with Gasteiger partial charge in [-0.1, -0.05) is 6.07 Å². The van der Waals surface area contributed by atoms with Gasteiger partial charge in [-0.15, -0.1) is 0 Å². The monoisotopic (exact) mass is 343 g/mol. The van der Waals surface area contributed by atoms with Gasteiger partial charge in [0.25, 0.3) is 0 Å². The molecule has 4 nitrogen and oxygen atoms in total. The predicted octanol–water partition coefficient (Wildman–Crippen LogP) is 1.45. The zero-order valence-corrected chi connectivity index (χ0v) is 13.3. The van der Waals surface area contributed by atoms with Crippen molar-refractivity contribution in [3.05, 3.63) is 34.1 Å². The maximum absolute atomic E-state index is 13.3. The van der Waals surface area contributed by atoms with E-state index in [4.69, 9.17) is 0 Å². The van der Waals surface area contributed by atoms with Gasteiger partial charge in [0, 0.05) is 40.3 Å². The molecular formula is C14H19BrFN3O. The van der Waals surface area contributed by atoms with Gasteiger partial charge >= 0.3 is 0 Å². The molecule has 0 bridgehead atoms. The molecular weight excluding hydrogens is 325 g/mol. The van der Waals surface area contributed by atoms with Crippen molar-refractivity contribution in [3.8, 4) is 0 Å². The minimum atomic E-state index is -0.269. The van der Waals surface area contributed by atoms with Crippen molar-refractivity contribution in [2.45, 2.75) is 12.6 Å². The molecule has 1 N–H and O–H groups in total. The quantitative estimate of drug-likeness (QED) is 0.902. The van der Waals surface area contributed by atoms with Gasteiger partial charge in [0.15, 0.2) is 0 Å². The fourth-order valence-corrected chi connectivity index (χ4v) is 2.78. The van der Waals surface area contributed by atoms with Crippen LogP contribution in [0.2, 0.25) is 0 Å². The highest BCUT2D eigenvalue weighted by atomic mass is 79.9. The normalized spacial score (nSPS) is 19.9. The van der Waals surface area contributed by atoms with E-state index in [1.807, 2.05) is 0 Å². The molecule has 0 aromatic heterocycles. The van der Waals surface area contributed by atoms with Gasteiger partial charge in [-0.3, -0.25) is 9.69 Å². The molecule has 110 valence electrons. The minimum Gasteiger partial charge on any atom is -0.347 e. The number of nitrogens with zero attached hydrogens (tertiary/aromatic N) is 2. The maximum Gasteiger partial charge on any atom is 0.240 e. The second kappa shape index (κ2) is 6.65. The van der Waals surface area contributed by atoms with Gasteiger partial charge in [0.1, 0.15) is 11.9 Å². The molecule has 1 heterocycles. The lowest BCUT2D eigenvalue weighted by atomic mass is 10.1. The zero-order valence-electron chi connectivity index (χ0n) is 11.7. The summed E-state index contributed by atoms with van der Waals surface area (Å²) in [7, 11) is 3.53. The van der Waals surface area contributed by atoms with E-state index in [1.165, 1.54) is 6.07 Å². The van der Waals surface area contributed by atoms with Crippen LogP contribution in [0.3, 0.4) is 0 Å². The maximum atomic E-state index is 13.3. The van der Waals surface area contributed by atoms with Gasteiger partial charge in [-0.2, -0.15) is 0 Å². The van der Waals surface area contributed by atoms with Gasteiger partial charge in [-0.25, -0.2) is 4.39 Å². The molecule has 1 saturated heterocycles. The highest BCUT2D eigenvalue weighted by molar-refractivity contribution is 9.10. The Balaban J connectivity index is 2.12. The van der Waals surface area contributed by atoms with E-state index in [2.05, 4.69) is 26.1 Å². The van der Waals surface area contributed by atoms with E-state index in [9.17, 15) is 9.18 Å². The molecule has 6 heteroatoms. The van der Waals surface area contributed by atoms with E-state index in [1.54, 1.807) is 31.1 Å². The van der Waals surface area contributed by atoms with Gasteiger partial charge in [-0.05, 0) is 33.6 Å². The van der Waals surface area contributed by atoms with Crippen LogP contribution >= 0.6 is 15.9 Å². The van der Waals surface area contributed by atoms with Gasteiger partial charge in [0.05, 0.1) is 4.47 Å². The Hall–Kier alpha value is -0.980. The summed E-state index contributed by atoms with van der Waals surface area (Å²) in [5.74, 6) is -0.173. The largest absolute Gasteiger partial charge is 0.347 e. The summed E-state index contributed by atoms with van der Waals surface area (Å²) < 4.78 is 13.7. The Labute approximate surface area is 127 Å². The summed E-state index contributed by atoms with van der Waals surface area (Å²) >= 11 is 3.20. The molecule has 1 aromatic carbocycles. The lowest BCUT2D eigenvalue weighted by Gasteiger charge is -2.36. The minimum absolute atomic E-state index is 0.0957. The number of nitrogens with one attached hydrogen (secondary N) is 1. The van der Waals surface area contributed by atoms with Crippen LogP contribution in [0.15, 0.2) is 22.7 Å². The molecule has 1 aliphatic heterocycles. The van der Waals surface area contributed by atoms with Crippen molar-refractivity contribution in [3.63, 3.8) is 0 Å². The molecule has 0 aliphatic carbocycles. The third kappa shape index (κ3) is 3.56. The average molecular weight is 344 g/mol. The number of hydrogen-bond acceptors (Lipinski definition) is 3. The Morgan fingerprint density at radius 2 is 2.30 bits per heavy atom. The second-order valence-electron chi connectivity index (χ2n) is 5.17. The average Bonchev–Trinajstić information content (AvgIpc) is 2.42. The first-order valence-corrected chi connectivity index (χ1v) is 7.38. The number of rotatable bonds is 3. The molecule has 1 amide bonds. The summed E-state index contributed by atoms with van der Waals surface area (Å²) in [5, 5.41) is 3.25. The van der Waals surface area contributed by atoms with Crippen LogP contribution in [0, 0.1) is 5.82 Å². The number of carbonyl (C=O) groups excluding carboxylic acids is 1. The van der Waals surface area contributed by atoms with Gasteiger partial charge < -0.3 is 10.2 Å². The second-order valence-corrected chi connectivity index (χ2v) is 6.03. The topological polar surface area (TPSA) is 35.6 Å². The molecule has 1 atom stereocenters. The number of piperazine rings is 1. The molecule has 0 spiro atoms. The molecule has 2 rings (SSSR count). The van der Waals surface area contributed by atoms with Crippen molar-refractivity contribution >= 4 is 21.8 Å². The molecule has 1 aromatic rings. The molecule has 1 fully saturated rings. The Kier molecular flexibility index (Phi) is 5.12. The number of benzene rings is 1. The molecule has 20 heavy (non-hydrogen) atoms. The van der Waals surface area contributed by atoms with Gasteiger partial charge in [0.2, 0.25) is 5.91 Å². The van der Waals surface area contributed by atoms with Crippen LogP contribution in [0.4, 0.5) is 4.39 Å². The van der Waals surface area contributed by atoms with E-state index in [-0.39, 0.29) is 17.8 Å². The lowest BCUT2D eigenvalue weighted by Crippen LogP contribution is -2.57. The highest BCUT2D eigenvalue weighted by Gasteiger charge is 2.29. The molecule has 0 saturated carbocycles. The number of halogens is 2. The number of amides is 1. The van der Waals surface area contributed by atoms with Crippen molar-refractivity contribution < 1.29 is 9.18 Å². The van der Waals surface area contributed by atoms with Crippen molar-refractivity contribution in [2.24, 2.45) is 0 Å². The summed E-state index contributed by atoms with van der Waals surface area (Å²) in [6.45, 7) is 2.96. The Morgan fingerprint density at radius 3 is 2.95 bits per heavy atom. The number of carbonyl (C=O) groups is 1. The summed E-state index contributed by atoms with van der Waals surface area (Å²) in [4.78, 5) is 15.9. The summed E-state index contributed by atoms with van der Waals surface area (Å²) in [5.41, 5.74) is 0.997. The summed E-state index contributed by atoms with van der Waals surface area (Å²) in [6.07, 6.45) is 0. The van der Waals surface area contributed by atoms with Crippen molar-refractivity contribution in [2.75, 3.05) is 33.7 Å². The third-order valence-electron chi connectivity index (χ3n) is 3.45. The van der Waals surface area contributed by atoms with Crippen molar-refractivity contribution in [1.82, 2.24) is 15.1 Å². The smallest absolute Gasteiger partial charge is 0.240 e. The zero-order chi connectivity index (χ0) is 14.7. The lowest BCUT2D eigenvalue weighted by molar-refractivity contribution is -0.135. The highest BCUT2D eigenvalue weighted by Crippen LogP contribution is 2.19. The van der Waals surface area contributed by atoms with Crippen LogP contribution in [-0.2, 0) is 11.3 Å². The summed E-state index contributed by atoms with van der Waals surface area (Å²) in [6, 6.07) is 4.82. The van der Waals surface area contributed by atoms with E-state index >= 15 is 0 Å². The fraction of sp³-hybridized carbons (Fsp3) is 0.500. The first-order chi connectivity index (χ1) is 9.49. The first-order valence-electron chi connectivity index (χ1n) is 6.59. The van der Waals surface area contributed by atoms with Crippen LogP contribution in [0.1, 0.15) is 5.56 Å². The first kappa shape index (κ1) is 15.4. The molecule has 0 radical (unpaired) electrons. The SMILES string of the molecule is CN(C)C(=O)C1CNCCN1Cc1ccc(F)c(Br)c1. The van der Waals surface area contributed by atoms with Crippen LogP contribution in [0.25, 0.3) is 0 Å². The standard InChI is InChI=1S/C14H19BrFN3O/c1-18(2)14(20)13-8-17-5-6-19(13)9-10-3-4-12(16)11(15)7-10/h3-4,7,13,17H,5-6,8-9H2,1-2H3. The van der Waals surface area contributed by atoms with Crippen molar-refractivity contribution in [1.29, 1.82) is 0 Å². The van der Waals surface area contributed by atoms with E-state index < -0.39 is 0 Å². The van der Waals surface area contributed by atoms with E-state index in [0.717, 1.165) is 18.7 Å². The predicted molar refractivity (Wildman–Crippen MR) is 79.9 cm³/mol. The molecule has 1 unspecified atom stereocenters. The third-order valence-corrected chi connectivity index (χ3v) is 4.06. The van der Waals surface area contributed by atoms with Crippen LogP contribution in [0.5, 0.6) is 0 Å². The van der Waals surface area contributed by atoms with Crippen LogP contribution in [-0.4, -0.2) is 55.5 Å². The number of likely N-dealkylation sites (N-methyl/N-ethyl adjacent to an activating group) is 1. The fourth-order valence-electron chi connectivity index (χ4n) is 2.35. The number of hydrogen-bond donors (Lipinski definition) is 1. The van der Waals surface area contributed by atoms with E-state index in [0.29, 0.717) is 17.6 Å². The van der Waals surface area contributed by atoms with Crippen LogP contribution < -0.4 is 5.32 Å². The Morgan fingerprint density at radius 1 is 1.55 bits per heavy atom.